The average molecular weight is 359 g/mol. The fraction of sp³-hybridized carbons (Fsp3) is 0.500. The first-order valence-electron chi connectivity index (χ1n) is 8.75. The molecule has 1 aliphatic rings. The van der Waals surface area contributed by atoms with Gasteiger partial charge in [-0.3, -0.25) is 10.2 Å². The summed E-state index contributed by atoms with van der Waals surface area (Å²) in [5.74, 6) is 0.781. The lowest BCUT2D eigenvalue weighted by Gasteiger charge is -2.37. The molecule has 2 amide bonds. The van der Waals surface area contributed by atoms with Crippen molar-refractivity contribution in [3.05, 3.63) is 41.6 Å². The van der Waals surface area contributed by atoms with E-state index in [1.54, 1.807) is 6.20 Å². The Bertz CT molecular complexity index is 683. The fourth-order valence-electron chi connectivity index (χ4n) is 3.30. The number of rotatable bonds is 5. The highest BCUT2D eigenvalue weighted by Gasteiger charge is 2.26. The summed E-state index contributed by atoms with van der Waals surface area (Å²) in [5.41, 5.74) is 2.55. The maximum Gasteiger partial charge on any atom is 0.319 e. The van der Waals surface area contributed by atoms with Crippen LogP contribution in [0.15, 0.2) is 30.5 Å². The van der Waals surface area contributed by atoms with Crippen molar-refractivity contribution in [1.82, 2.24) is 19.8 Å². The van der Waals surface area contributed by atoms with Crippen LogP contribution in [0.25, 0.3) is 0 Å². The first-order valence-corrected chi connectivity index (χ1v) is 9.52. The second kappa shape index (κ2) is 8.40. The lowest BCUT2D eigenvalue weighted by Crippen LogP contribution is -2.43. The Morgan fingerprint density at radius 1 is 1.36 bits per heavy atom. The molecular formula is C18H25N5OS. The standard InChI is InChI=1S/C18H25N5OS/c1-13-7-9-23(10-8-13)16(15-6-4-3-5-14(15)2)11-19-18(24)21-17-12-20-22-25-17/h3-6,12-13,16H,7-11H2,1-2H3,(H2,19,21,24). The molecule has 1 saturated heterocycles. The summed E-state index contributed by atoms with van der Waals surface area (Å²) >= 11 is 1.17. The molecule has 0 radical (unpaired) electrons. The molecule has 0 bridgehead atoms. The molecule has 1 aromatic heterocycles. The Kier molecular flexibility index (Phi) is 5.99. The second-order valence-electron chi connectivity index (χ2n) is 6.71. The van der Waals surface area contributed by atoms with Crippen molar-refractivity contribution >= 4 is 22.6 Å². The molecular weight excluding hydrogens is 334 g/mol. The topological polar surface area (TPSA) is 70.1 Å². The molecule has 3 rings (SSSR count). The molecule has 1 aromatic carbocycles. The van der Waals surface area contributed by atoms with Crippen molar-refractivity contribution in [2.45, 2.75) is 32.7 Å². The van der Waals surface area contributed by atoms with Gasteiger partial charge in [-0.15, -0.1) is 5.10 Å². The van der Waals surface area contributed by atoms with E-state index in [0.29, 0.717) is 11.5 Å². The van der Waals surface area contributed by atoms with Gasteiger partial charge in [0.05, 0.1) is 12.2 Å². The van der Waals surface area contributed by atoms with Gasteiger partial charge in [0.15, 0.2) is 0 Å². The predicted octanol–water partition coefficient (Wildman–Crippen LogP) is 3.44. The number of nitrogens with one attached hydrogen (secondary N) is 2. The van der Waals surface area contributed by atoms with Gasteiger partial charge in [0, 0.05) is 18.1 Å². The zero-order chi connectivity index (χ0) is 17.6. The molecule has 1 unspecified atom stereocenters. The molecule has 2 aromatic rings. The lowest BCUT2D eigenvalue weighted by molar-refractivity contribution is 0.136. The van der Waals surface area contributed by atoms with Crippen LogP contribution < -0.4 is 10.6 Å². The van der Waals surface area contributed by atoms with Crippen molar-refractivity contribution < 1.29 is 4.79 Å². The first-order chi connectivity index (χ1) is 12.1. The number of hydrogen-bond donors (Lipinski definition) is 2. The minimum Gasteiger partial charge on any atom is -0.336 e. The smallest absolute Gasteiger partial charge is 0.319 e. The molecule has 2 N–H and O–H groups in total. The van der Waals surface area contributed by atoms with Crippen LogP contribution in [0.5, 0.6) is 0 Å². The van der Waals surface area contributed by atoms with E-state index in [1.807, 2.05) is 0 Å². The number of likely N-dealkylation sites (tertiary alicyclic amines) is 1. The Labute approximate surface area is 152 Å². The van der Waals surface area contributed by atoms with Crippen LogP contribution in [-0.4, -0.2) is 40.2 Å². The highest BCUT2D eigenvalue weighted by Crippen LogP contribution is 2.28. The van der Waals surface area contributed by atoms with Crippen molar-refractivity contribution in [2.75, 3.05) is 25.0 Å². The summed E-state index contributed by atoms with van der Waals surface area (Å²) < 4.78 is 3.75. The van der Waals surface area contributed by atoms with Gasteiger partial charge in [-0.2, -0.15) is 0 Å². The minimum absolute atomic E-state index is 0.194. The van der Waals surface area contributed by atoms with E-state index in [4.69, 9.17) is 0 Å². The molecule has 6 nitrogen and oxygen atoms in total. The molecule has 134 valence electrons. The highest BCUT2D eigenvalue weighted by atomic mass is 32.1. The van der Waals surface area contributed by atoms with E-state index in [0.717, 1.165) is 19.0 Å². The monoisotopic (exact) mass is 359 g/mol. The quantitative estimate of drug-likeness (QED) is 0.858. The van der Waals surface area contributed by atoms with Gasteiger partial charge in [-0.1, -0.05) is 35.7 Å². The molecule has 7 heteroatoms. The summed E-state index contributed by atoms with van der Waals surface area (Å²) in [4.78, 5) is 14.7. The number of carbonyl (C=O) groups excluding carboxylic acids is 1. The number of urea groups is 1. The molecule has 25 heavy (non-hydrogen) atoms. The van der Waals surface area contributed by atoms with E-state index in [-0.39, 0.29) is 12.1 Å². The summed E-state index contributed by atoms with van der Waals surface area (Å²) in [6.45, 7) is 7.18. The maximum atomic E-state index is 12.2. The summed E-state index contributed by atoms with van der Waals surface area (Å²) in [5, 5.41) is 10.2. The van der Waals surface area contributed by atoms with Crippen LogP contribution in [0, 0.1) is 12.8 Å². The van der Waals surface area contributed by atoms with Crippen LogP contribution >= 0.6 is 11.5 Å². The van der Waals surface area contributed by atoms with Crippen molar-refractivity contribution in [3.8, 4) is 0 Å². The number of hydrogen-bond acceptors (Lipinski definition) is 5. The third-order valence-electron chi connectivity index (χ3n) is 4.86. The van der Waals surface area contributed by atoms with E-state index < -0.39 is 0 Å². The van der Waals surface area contributed by atoms with Gasteiger partial charge in [0.25, 0.3) is 0 Å². The van der Waals surface area contributed by atoms with Gasteiger partial charge < -0.3 is 5.32 Å². The number of benzene rings is 1. The Morgan fingerprint density at radius 3 is 2.80 bits per heavy atom. The first kappa shape index (κ1) is 17.8. The molecule has 1 fully saturated rings. The normalized spacial score (nSPS) is 17.2. The maximum absolute atomic E-state index is 12.2. The molecule has 0 spiro atoms. The number of amides is 2. The predicted molar refractivity (Wildman–Crippen MR) is 101 cm³/mol. The lowest BCUT2D eigenvalue weighted by atomic mass is 9.94. The van der Waals surface area contributed by atoms with Gasteiger partial charge in [-0.05, 0) is 49.9 Å². The number of piperidine rings is 1. The van der Waals surface area contributed by atoms with Gasteiger partial charge in [-0.25, -0.2) is 4.79 Å². The van der Waals surface area contributed by atoms with Crippen molar-refractivity contribution in [3.63, 3.8) is 0 Å². The zero-order valence-corrected chi connectivity index (χ0v) is 15.6. The Hall–Kier alpha value is -1.99. The number of aryl methyl sites for hydroxylation is 1. The van der Waals surface area contributed by atoms with E-state index in [1.165, 1.54) is 35.5 Å². The van der Waals surface area contributed by atoms with E-state index >= 15 is 0 Å². The Morgan fingerprint density at radius 2 is 2.12 bits per heavy atom. The van der Waals surface area contributed by atoms with E-state index in [9.17, 15) is 4.79 Å². The largest absolute Gasteiger partial charge is 0.336 e. The zero-order valence-electron chi connectivity index (χ0n) is 14.7. The van der Waals surface area contributed by atoms with Crippen LogP contribution in [0.2, 0.25) is 0 Å². The summed E-state index contributed by atoms with van der Waals surface area (Å²) in [6.07, 6.45) is 3.97. The third-order valence-corrected chi connectivity index (χ3v) is 5.44. The van der Waals surface area contributed by atoms with Gasteiger partial charge in [0.1, 0.15) is 5.00 Å². The molecule has 2 heterocycles. The van der Waals surface area contributed by atoms with Gasteiger partial charge >= 0.3 is 6.03 Å². The van der Waals surface area contributed by atoms with Gasteiger partial charge in [0.2, 0.25) is 0 Å². The third kappa shape index (κ3) is 4.76. The minimum atomic E-state index is -0.213. The van der Waals surface area contributed by atoms with Crippen LogP contribution in [0.4, 0.5) is 9.80 Å². The fourth-order valence-corrected chi connectivity index (χ4v) is 3.72. The summed E-state index contributed by atoms with van der Waals surface area (Å²) in [7, 11) is 0. The Balaban J connectivity index is 1.68. The van der Waals surface area contributed by atoms with E-state index in [2.05, 4.69) is 63.2 Å². The molecule has 0 saturated carbocycles. The van der Waals surface area contributed by atoms with Crippen LogP contribution in [0.1, 0.15) is 36.9 Å². The van der Waals surface area contributed by atoms with Crippen molar-refractivity contribution in [1.29, 1.82) is 0 Å². The SMILES string of the molecule is Cc1ccccc1C(CNC(=O)Nc1cnns1)N1CCC(C)CC1. The van der Waals surface area contributed by atoms with Crippen LogP contribution in [0.3, 0.4) is 0 Å². The van der Waals surface area contributed by atoms with Crippen LogP contribution in [-0.2, 0) is 0 Å². The molecule has 1 atom stereocenters. The number of nitrogens with zero attached hydrogens (tertiary/aromatic N) is 3. The second-order valence-corrected chi connectivity index (χ2v) is 7.49. The molecule has 1 aliphatic heterocycles. The number of anilines is 1. The highest BCUT2D eigenvalue weighted by molar-refractivity contribution is 7.10. The number of carbonyl (C=O) groups is 1. The molecule has 0 aliphatic carbocycles. The summed E-state index contributed by atoms with van der Waals surface area (Å²) in [6, 6.07) is 8.42. The number of aromatic nitrogens is 2. The average Bonchev–Trinajstić information content (AvgIpc) is 3.11. The van der Waals surface area contributed by atoms with Crippen molar-refractivity contribution in [2.24, 2.45) is 5.92 Å².